The van der Waals surface area contributed by atoms with Crippen molar-refractivity contribution in [2.24, 2.45) is 0 Å². The van der Waals surface area contributed by atoms with Gasteiger partial charge in [-0.3, -0.25) is 4.79 Å². The van der Waals surface area contributed by atoms with Crippen LogP contribution in [-0.4, -0.2) is 5.78 Å². The van der Waals surface area contributed by atoms with Gasteiger partial charge in [-0.1, -0.05) is 57.3 Å². The van der Waals surface area contributed by atoms with E-state index in [0.717, 1.165) is 4.47 Å². The number of benzene rings is 2. The molecule has 2 aromatic carbocycles. The Labute approximate surface area is 135 Å². The molecule has 0 aliphatic carbocycles. The van der Waals surface area contributed by atoms with Gasteiger partial charge in [-0.2, -0.15) is 5.26 Å². The Morgan fingerprint density at radius 3 is 2.30 bits per heavy atom. The summed E-state index contributed by atoms with van der Waals surface area (Å²) in [6.45, 7) is 0. The molecule has 0 saturated heterocycles. The van der Waals surface area contributed by atoms with Gasteiger partial charge in [0.1, 0.15) is 5.92 Å². The molecule has 0 bridgehead atoms. The second kappa shape index (κ2) is 6.41. The van der Waals surface area contributed by atoms with E-state index in [1.807, 2.05) is 12.1 Å². The molecule has 0 aromatic heterocycles. The van der Waals surface area contributed by atoms with Crippen molar-refractivity contribution in [2.45, 2.75) is 5.92 Å². The first-order valence-corrected chi connectivity index (χ1v) is 7.23. The van der Waals surface area contributed by atoms with Gasteiger partial charge in [0.15, 0.2) is 5.78 Å². The summed E-state index contributed by atoms with van der Waals surface area (Å²) >= 11 is 15.4. The maximum atomic E-state index is 12.5. The standard InChI is InChI=1S/C15H8BrCl2NO/c16-10-4-1-3-9(7-10)11(8-19)15(20)14-12(17)5-2-6-13(14)18/h1-7,11H. The van der Waals surface area contributed by atoms with E-state index in [0.29, 0.717) is 5.56 Å². The molecule has 0 heterocycles. The molecule has 0 fully saturated rings. The maximum Gasteiger partial charge on any atom is 0.187 e. The highest BCUT2D eigenvalue weighted by Crippen LogP contribution is 2.31. The number of Topliss-reactive ketones (excluding diaryl/α,β-unsaturated/α-hetero) is 1. The summed E-state index contributed by atoms with van der Waals surface area (Å²) in [5, 5.41) is 9.81. The zero-order valence-corrected chi connectivity index (χ0v) is 13.2. The van der Waals surface area contributed by atoms with Gasteiger partial charge in [0.05, 0.1) is 21.7 Å². The Balaban J connectivity index is 2.48. The van der Waals surface area contributed by atoms with Crippen LogP contribution < -0.4 is 0 Å². The van der Waals surface area contributed by atoms with Gasteiger partial charge < -0.3 is 0 Å². The van der Waals surface area contributed by atoms with E-state index in [1.54, 1.807) is 36.4 Å². The SMILES string of the molecule is N#CC(C(=O)c1c(Cl)cccc1Cl)c1cccc(Br)c1. The zero-order chi connectivity index (χ0) is 14.7. The van der Waals surface area contributed by atoms with Crippen LogP contribution in [0.4, 0.5) is 0 Å². The molecule has 0 aliphatic rings. The number of ketones is 1. The van der Waals surface area contributed by atoms with Crippen LogP contribution in [0.25, 0.3) is 0 Å². The molecule has 0 saturated carbocycles. The summed E-state index contributed by atoms with van der Waals surface area (Å²) in [7, 11) is 0. The third-order valence-electron chi connectivity index (χ3n) is 2.78. The molecule has 0 spiro atoms. The minimum absolute atomic E-state index is 0.183. The first-order chi connectivity index (χ1) is 9.54. The number of rotatable bonds is 3. The molecule has 0 aliphatic heterocycles. The lowest BCUT2D eigenvalue weighted by Crippen LogP contribution is -2.12. The summed E-state index contributed by atoms with van der Waals surface area (Å²) in [4.78, 5) is 12.5. The fraction of sp³-hybridized carbons (Fsp3) is 0.0667. The zero-order valence-electron chi connectivity index (χ0n) is 10.1. The molecule has 2 aromatic rings. The number of carbonyl (C=O) groups is 1. The highest BCUT2D eigenvalue weighted by atomic mass is 79.9. The van der Waals surface area contributed by atoms with E-state index in [9.17, 15) is 10.1 Å². The monoisotopic (exact) mass is 367 g/mol. The molecule has 100 valence electrons. The van der Waals surface area contributed by atoms with E-state index in [2.05, 4.69) is 15.9 Å². The molecule has 0 amide bonds. The van der Waals surface area contributed by atoms with Crippen LogP contribution >= 0.6 is 39.1 Å². The fourth-order valence-corrected chi connectivity index (χ4v) is 2.85. The van der Waals surface area contributed by atoms with Gasteiger partial charge in [0, 0.05) is 4.47 Å². The lowest BCUT2D eigenvalue weighted by molar-refractivity contribution is 0.0979. The number of nitriles is 1. The van der Waals surface area contributed by atoms with Crippen LogP contribution in [0.15, 0.2) is 46.9 Å². The van der Waals surface area contributed by atoms with E-state index < -0.39 is 11.7 Å². The summed E-state index contributed by atoms with van der Waals surface area (Å²) in [6, 6.07) is 13.9. The second-order valence-corrected chi connectivity index (χ2v) is 5.81. The Bertz CT molecular complexity index is 689. The van der Waals surface area contributed by atoms with Gasteiger partial charge in [-0.15, -0.1) is 0 Å². The molecule has 1 atom stereocenters. The Kier molecular flexibility index (Phi) is 4.82. The van der Waals surface area contributed by atoms with Crippen LogP contribution in [-0.2, 0) is 0 Å². The highest BCUT2D eigenvalue weighted by molar-refractivity contribution is 9.10. The summed E-state index contributed by atoms with van der Waals surface area (Å²) in [5.74, 6) is -1.34. The molecule has 0 radical (unpaired) electrons. The summed E-state index contributed by atoms with van der Waals surface area (Å²) in [6.07, 6.45) is 0. The van der Waals surface area contributed by atoms with Gasteiger partial charge in [-0.25, -0.2) is 0 Å². The van der Waals surface area contributed by atoms with Gasteiger partial charge in [0.25, 0.3) is 0 Å². The molecular formula is C15H8BrCl2NO. The van der Waals surface area contributed by atoms with Crippen molar-refractivity contribution < 1.29 is 4.79 Å². The van der Waals surface area contributed by atoms with Gasteiger partial charge >= 0.3 is 0 Å². The molecule has 0 N–H and O–H groups in total. The van der Waals surface area contributed by atoms with Gasteiger partial charge in [-0.05, 0) is 29.8 Å². The highest BCUT2D eigenvalue weighted by Gasteiger charge is 2.25. The van der Waals surface area contributed by atoms with Crippen LogP contribution in [0, 0.1) is 11.3 Å². The third kappa shape index (κ3) is 3.04. The minimum Gasteiger partial charge on any atom is -0.292 e. The number of hydrogen-bond acceptors (Lipinski definition) is 2. The first-order valence-electron chi connectivity index (χ1n) is 5.68. The number of carbonyl (C=O) groups excluding carboxylic acids is 1. The second-order valence-electron chi connectivity index (χ2n) is 4.08. The number of hydrogen-bond donors (Lipinski definition) is 0. The normalized spacial score (nSPS) is 11.7. The molecule has 5 heteroatoms. The predicted octanol–water partition coefficient (Wildman–Crippen LogP) is 5.25. The fourth-order valence-electron chi connectivity index (χ4n) is 1.85. The largest absolute Gasteiger partial charge is 0.292 e. The Morgan fingerprint density at radius 1 is 1.15 bits per heavy atom. The average molecular weight is 369 g/mol. The lowest BCUT2D eigenvalue weighted by atomic mass is 9.92. The van der Waals surface area contributed by atoms with Crippen LogP contribution in [0.5, 0.6) is 0 Å². The number of halogens is 3. The minimum atomic E-state index is -0.940. The van der Waals surface area contributed by atoms with Crippen molar-refractivity contribution in [1.82, 2.24) is 0 Å². The van der Waals surface area contributed by atoms with Crippen LogP contribution in [0.3, 0.4) is 0 Å². The molecule has 2 nitrogen and oxygen atoms in total. The first kappa shape index (κ1) is 15.1. The molecule has 20 heavy (non-hydrogen) atoms. The lowest BCUT2D eigenvalue weighted by Gasteiger charge is -2.11. The Hall–Kier alpha value is -1.34. The average Bonchev–Trinajstić information content (AvgIpc) is 2.39. The van der Waals surface area contributed by atoms with E-state index >= 15 is 0 Å². The third-order valence-corrected chi connectivity index (χ3v) is 3.91. The van der Waals surface area contributed by atoms with Crippen molar-refractivity contribution >= 4 is 44.9 Å². The smallest absolute Gasteiger partial charge is 0.187 e. The molecule has 1 unspecified atom stereocenters. The van der Waals surface area contributed by atoms with Crippen molar-refractivity contribution in [3.05, 3.63) is 68.1 Å². The van der Waals surface area contributed by atoms with Crippen LogP contribution in [0.2, 0.25) is 10.0 Å². The topological polar surface area (TPSA) is 40.9 Å². The van der Waals surface area contributed by atoms with Crippen LogP contribution in [0.1, 0.15) is 21.8 Å². The van der Waals surface area contributed by atoms with Crippen molar-refractivity contribution in [3.8, 4) is 6.07 Å². The van der Waals surface area contributed by atoms with E-state index in [4.69, 9.17) is 23.2 Å². The molecule has 2 rings (SSSR count). The number of nitrogens with zero attached hydrogens (tertiary/aromatic N) is 1. The van der Waals surface area contributed by atoms with Crippen molar-refractivity contribution in [2.75, 3.05) is 0 Å². The quantitative estimate of drug-likeness (QED) is 0.694. The molecular weight excluding hydrogens is 361 g/mol. The maximum absolute atomic E-state index is 12.5. The van der Waals surface area contributed by atoms with Crippen molar-refractivity contribution in [3.63, 3.8) is 0 Å². The van der Waals surface area contributed by atoms with Gasteiger partial charge in [0.2, 0.25) is 0 Å². The summed E-state index contributed by atoms with van der Waals surface area (Å²) in [5.41, 5.74) is 0.783. The van der Waals surface area contributed by atoms with Crippen molar-refractivity contribution in [1.29, 1.82) is 5.26 Å². The summed E-state index contributed by atoms with van der Waals surface area (Å²) < 4.78 is 0.799. The predicted molar refractivity (Wildman–Crippen MR) is 83.3 cm³/mol. The van der Waals surface area contributed by atoms with E-state index in [-0.39, 0.29) is 15.6 Å². The van der Waals surface area contributed by atoms with E-state index in [1.165, 1.54) is 0 Å². The Morgan fingerprint density at radius 2 is 1.75 bits per heavy atom.